The molecule has 1 aliphatic heterocycles. The summed E-state index contributed by atoms with van der Waals surface area (Å²) in [6, 6.07) is 12.1. The van der Waals surface area contributed by atoms with E-state index in [2.05, 4.69) is 4.99 Å². The van der Waals surface area contributed by atoms with Crippen molar-refractivity contribution in [2.75, 3.05) is 6.61 Å². The zero-order chi connectivity index (χ0) is 26.1. The smallest absolute Gasteiger partial charge is 0.363 e. The van der Waals surface area contributed by atoms with Crippen LogP contribution in [0.1, 0.15) is 27.9 Å². The van der Waals surface area contributed by atoms with Crippen LogP contribution in [0.5, 0.6) is 11.5 Å². The van der Waals surface area contributed by atoms with Gasteiger partial charge in [-0.3, -0.25) is 10.1 Å². The van der Waals surface area contributed by atoms with Crippen molar-refractivity contribution >= 4 is 62.6 Å². The van der Waals surface area contributed by atoms with Gasteiger partial charge in [-0.15, -0.1) is 11.3 Å². The molecule has 0 bridgehead atoms. The molecule has 0 N–H and O–H groups in total. The van der Waals surface area contributed by atoms with Crippen LogP contribution in [0.4, 0.5) is 5.69 Å². The summed E-state index contributed by atoms with van der Waals surface area (Å²) < 4.78 is 22.0. The third kappa shape index (κ3) is 4.82. The summed E-state index contributed by atoms with van der Waals surface area (Å²) in [5.74, 6) is -0.625. The highest BCUT2D eigenvalue weighted by Gasteiger charge is 2.26. The van der Waals surface area contributed by atoms with Gasteiger partial charge < -0.3 is 18.6 Å². The molecule has 0 spiro atoms. The number of hydrogen-bond donors (Lipinski definition) is 0. The molecular formula is C25H15ClN2O8S. The molecule has 2 aromatic carbocycles. The normalized spacial score (nSPS) is 14.1. The van der Waals surface area contributed by atoms with Crippen molar-refractivity contribution in [3.05, 3.63) is 91.8 Å². The number of hydrogen-bond acceptors (Lipinski definition) is 10. The molecule has 0 radical (unpaired) electrons. The number of fused-ring (bicyclic) bond motifs is 1. The third-order valence-electron chi connectivity index (χ3n) is 5.14. The van der Waals surface area contributed by atoms with Crippen LogP contribution in [0.3, 0.4) is 0 Å². The second kappa shape index (κ2) is 9.88. The average molecular weight is 539 g/mol. The van der Waals surface area contributed by atoms with Crippen LogP contribution in [0.25, 0.3) is 16.2 Å². The first kappa shape index (κ1) is 24.2. The lowest BCUT2D eigenvalue weighted by molar-refractivity contribution is -0.384. The van der Waals surface area contributed by atoms with Crippen molar-refractivity contribution in [3.63, 3.8) is 0 Å². The Morgan fingerprint density at radius 1 is 1.22 bits per heavy atom. The number of halogens is 1. The van der Waals surface area contributed by atoms with E-state index < -0.39 is 16.9 Å². The predicted octanol–water partition coefficient (Wildman–Crippen LogP) is 6.02. The highest BCUT2D eigenvalue weighted by atomic mass is 35.5. The number of nitrogens with zero attached hydrogens (tertiary/aromatic N) is 2. The van der Waals surface area contributed by atoms with Crippen LogP contribution in [0, 0.1) is 10.1 Å². The van der Waals surface area contributed by atoms with E-state index in [1.54, 1.807) is 31.2 Å². The number of esters is 2. The molecule has 5 rings (SSSR count). The van der Waals surface area contributed by atoms with Crippen LogP contribution < -0.4 is 9.47 Å². The number of cyclic esters (lactones) is 1. The van der Waals surface area contributed by atoms with Gasteiger partial charge in [0.1, 0.15) is 4.88 Å². The van der Waals surface area contributed by atoms with Crippen LogP contribution >= 0.6 is 22.9 Å². The number of furan rings is 1. The van der Waals surface area contributed by atoms with E-state index >= 15 is 0 Å². The Balaban J connectivity index is 1.42. The Morgan fingerprint density at radius 3 is 2.78 bits per heavy atom. The highest BCUT2D eigenvalue weighted by Crippen LogP contribution is 2.39. The number of carbonyl (C=O) groups excluding carboxylic acids is 2. The van der Waals surface area contributed by atoms with E-state index in [-0.39, 0.29) is 45.3 Å². The summed E-state index contributed by atoms with van der Waals surface area (Å²) in [5, 5.41) is 11.7. The molecule has 37 heavy (non-hydrogen) atoms. The largest absolute Gasteiger partial charge is 0.490 e. The van der Waals surface area contributed by atoms with Crippen molar-refractivity contribution in [2.45, 2.75) is 6.92 Å². The van der Waals surface area contributed by atoms with Crippen molar-refractivity contribution in [3.8, 4) is 11.5 Å². The minimum absolute atomic E-state index is 0.0578. The molecule has 12 heteroatoms. The standard InChI is InChI=1S/C25H15ClN2O8S/c1-2-33-19-11-13(10-16-24(29)36-23(27-16)18-4-3-9-34-18)5-8-17(19)35-25(30)22-21(26)15-7-6-14(28(31)32)12-20(15)37-22/h3-12H,2H2,1H3/b16-10+. The van der Waals surface area contributed by atoms with Crippen molar-refractivity contribution in [1.29, 1.82) is 0 Å². The van der Waals surface area contributed by atoms with Gasteiger partial charge in [-0.2, -0.15) is 0 Å². The van der Waals surface area contributed by atoms with Gasteiger partial charge in [-0.1, -0.05) is 17.7 Å². The van der Waals surface area contributed by atoms with Crippen LogP contribution in [-0.4, -0.2) is 29.4 Å². The number of nitro groups is 1. The van der Waals surface area contributed by atoms with Crippen molar-refractivity contribution in [1.82, 2.24) is 0 Å². The Morgan fingerprint density at radius 2 is 2.05 bits per heavy atom. The lowest BCUT2D eigenvalue weighted by Crippen LogP contribution is -2.08. The Kier molecular flexibility index (Phi) is 6.47. The first-order valence-corrected chi connectivity index (χ1v) is 12.0. The van der Waals surface area contributed by atoms with Gasteiger partial charge in [0.05, 0.1) is 22.8 Å². The average Bonchev–Trinajstić information content (AvgIpc) is 3.61. The summed E-state index contributed by atoms with van der Waals surface area (Å²) in [4.78, 5) is 40.0. The quantitative estimate of drug-likeness (QED) is 0.0917. The zero-order valence-electron chi connectivity index (χ0n) is 18.9. The van der Waals surface area contributed by atoms with Crippen LogP contribution in [-0.2, 0) is 9.53 Å². The monoisotopic (exact) mass is 538 g/mol. The van der Waals surface area contributed by atoms with Crippen LogP contribution in [0.15, 0.2) is 69.9 Å². The number of benzene rings is 2. The number of rotatable bonds is 7. The molecule has 4 aromatic rings. The maximum absolute atomic E-state index is 12.9. The van der Waals surface area contributed by atoms with E-state index in [0.717, 1.165) is 11.3 Å². The topological polar surface area (TPSA) is 130 Å². The fraction of sp³-hybridized carbons (Fsp3) is 0.0800. The number of thiophene rings is 1. The molecule has 0 aliphatic carbocycles. The summed E-state index contributed by atoms with van der Waals surface area (Å²) in [7, 11) is 0. The summed E-state index contributed by atoms with van der Waals surface area (Å²) in [6.45, 7) is 2.04. The molecule has 1 aliphatic rings. The number of aliphatic imine (C=N–C) groups is 1. The number of carbonyl (C=O) groups is 2. The number of non-ortho nitro benzene ring substituents is 1. The molecule has 2 aromatic heterocycles. The fourth-order valence-electron chi connectivity index (χ4n) is 3.48. The molecule has 0 amide bonds. The SMILES string of the molecule is CCOc1cc(/C=C2/N=C(c3ccco3)OC2=O)ccc1OC(=O)c1sc2cc([N+](=O)[O-])ccc2c1Cl. The molecule has 0 atom stereocenters. The fourth-order valence-corrected chi connectivity index (χ4v) is 4.90. The minimum Gasteiger partial charge on any atom is -0.490 e. The van der Waals surface area contributed by atoms with E-state index in [0.29, 0.717) is 21.4 Å². The van der Waals surface area contributed by atoms with Gasteiger partial charge in [0.25, 0.3) is 11.6 Å². The maximum Gasteiger partial charge on any atom is 0.363 e. The van der Waals surface area contributed by atoms with Gasteiger partial charge in [0.2, 0.25) is 0 Å². The highest BCUT2D eigenvalue weighted by molar-refractivity contribution is 7.21. The molecular weight excluding hydrogens is 524 g/mol. The summed E-state index contributed by atoms with van der Waals surface area (Å²) in [6.07, 6.45) is 2.94. The second-order valence-corrected chi connectivity index (χ2v) is 8.95. The first-order chi connectivity index (χ1) is 17.8. The molecule has 0 saturated carbocycles. The van der Waals surface area contributed by atoms with Crippen LogP contribution in [0.2, 0.25) is 5.02 Å². The zero-order valence-corrected chi connectivity index (χ0v) is 20.5. The summed E-state index contributed by atoms with van der Waals surface area (Å²) >= 11 is 7.36. The van der Waals surface area contributed by atoms with Gasteiger partial charge in [-0.25, -0.2) is 14.6 Å². The van der Waals surface area contributed by atoms with E-state index in [1.165, 1.54) is 36.6 Å². The molecule has 186 valence electrons. The predicted molar refractivity (Wildman–Crippen MR) is 135 cm³/mol. The minimum atomic E-state index is -0.743. The lowest BCUT2D eigenvalue weighted by atomic mass is 10.1. The first-order valence-electron chi connectivity index (χ1n) is 10.8. The Hall–Kier alpha value is -4.48. The van der Waals surface area contributed by atoms with E-state index in [1.807, 2.05) is 0 Å². The molecule has 0 fully saturated rings. The summed E-state index contributed by atoms with van der Waals surface area (Å²) in [5.41, 5.74) is 0.497. The molecule has 0 unspecified atom stereocenters. The maximum atomic E-state index is 12.9. The van der Waals surface area contributed by atoms with Gasteiger partial charge in [0, 0.05) is 22.2 Å². The van der Waals surface area contributed by atoms with E-state index in [4.69, 9.17) is 30.2 Å². The molecule has 0 saturated heterocycles. The lowest BCUT2D eigenvalue weighted by Gasteiger charge is -2.11. The van der Waals surface area contributed by atoms with Gasteiger partial charge in [-0.05, 0) is 48.9 Å². The Labute approximate surface area is 217 Å². The molecule has 10 nitrogen and oxygen atoms in total. The van der Waals surface area contributed by atoms with E-state index in [9.17, 15) is 19.7 Å². The van der Waals surface area contributed by atoms with Gasteiger partial charge in [0.15, 0.2) is 23.0 Å². The molecule has 3 heterocycles. The number of nitro benzene ring substituents is 1. The van der Waals surface area contributed by atoms with Crippen molar-refractivity contribution in [2.24, 2.45) is 4.99 Å². The van der Waals surface area contributed by atoms with Crippen molar-refractivity contribution < 1.29 is 33.1 Å². The van der Waals surface area contributed by atoms with Gasteiger partial charge >= 0.3 is 11.9 Å². The Bertz CT molecular complexity index is 1620. The number of ether oxygens (including phenoxy) is 3. The third-order valence-corrected chi connectivity index (χ3v) is 6.77. The second-order valence-electron chi connectivity index (χ2n) is 7.52.